The van der Waals surface area contributed by atoms with Crippen LogP contribution in [0.25, 0.3) is 0 Å². The van der Waals surface area contributed by atoms with Crippen LogP contribution in [0.15, 0.2) is 22.7 Å². The van der Waals surface area contributed by atoms with Gasteiger partial charge in [0.25, 0.3) is 0 Å². The fourth-order valence-corrected chi connectivity index (χ4v) is 3.52. The van der Waals surface area contributed by atoms with Crippen molar-refractivity contribution in [2.45, 2.75) is 25.3 Å². The molecule has 96 valence electrons. The van der Waals surface area contributed by atoms with Gasteiger partial charge in [-0.25, -0.2) is 0 Å². The summed E-state index contributed by atoms with van der Waals surface area (Å²) in [6.45, 7) is 2.24. The summed E-state index contributed by atoms with van der Waals surface area (Å²) in [4.78, 5) is 2.35. The van der Waals surface area contributed by atoms with Gasteiger partial charge in [0.15, 0.2) is 0 Å². The standard InChI is InChI=1S/C13H19BrClNS/c1-4-11(9-17-3)16(2)12-6-5-10(8-15)13(14)7-12/h5-7,11H,4,8-9H2,1-3H3. The van der Waals surface area contributed by atoms with Gasteiger partial charge in [-0.05, 0) is 30.4 Å². The van der Waals surface area contributed by atoms with E-state index in [-0.39, 0.29) is 0 Å². The summed E-state index contributed by atoms with van der Waals surface area (Å²) in [5.41, 5.74) is 2.38. The van der Waals surface area contributed by atoms with Crippen LogP contribution in [0.3, 0.4) is 0 Å². The first-order chi connectivity index (χ1) is 8.13. The average molecular weight is 337 g/mol. The molecule has 0 fully saturated rings. The van der Waals surface area contributed by atoms with Gasteiger partial charge in [-0.3, -0.25) is 0 Å². The predicted octanol–water partition coefficient (Wildman–Crippen LogP) is 4.77. The second kappa shape index (κ2) is 7.55. The first kappa shape index (κ1) is 15.2. The number of anilines is 1. The summed E-state index contributed by atoms with van der Waals surface area (Å²) in [5.74, 6) is 1.70. The summed E-state index contributed by atoms with van der Waals surface area (Å²) in [6.07, 6.45) is 3.31. The Morgan fingerprint density at radius 3 is 2.65 bits per heavy atom. The number of halogens is 2. The molecule has 0 radical (unpaired) electrons. The van der Waals surface area contributed by atoms with Crippen LogP contribution in [-0.4, -0.2) is 25.1 Å². The quantitative estimate of drug-likeness (QED) is 0.689. The largest absolute Gasteiger partial charge is 0.371 e. The molecule has 0 bridgehead atoms. The van der Waals surface area contributed by atoms with Crippen LogP contribution in [0, 0.1) is 0 Å². The van der Waals surface area contributed by atoms with Gasteiger partial charge in [0.2, 0.25) is 0 Å². The minimum Gasteiger partial charge on any atom is -0.371 e. The Balaban J connectivity index is 2.87. The number of hydrogen-bond donors (Lipinski definition) is 0. The third-order valence-electron chi connectivity index (χ3n) is 2.97. The zero-order valence-electron chi connectivity index (χ0n) is 10.5. The summed E-state index contributed by atoms with van der Waals surface area (Å²) in [6, 6.07) is 6.97. The molecule has 1 aromatic carbocycles. The second-order valence-electron chi connectivity index (χ2n) is 4.04. The molecule has 0 aromatic heterocycles. The highest BCUT2D eigenvalue weighted by atomic mass is 79.9. The monoisotopic (exact) mass is 335 g/mol. The van der Waals surface area contributed by atoms with E-state index in [1.807, 2.05) is 11.8 Å². The molecule has 0 saturated carbocycles. The van der Waals surface area contributed by atoms with Gasteiger partial charge in [0, 0.05) is 34.9 Å². The Labute approximate surface area is 122 Å². The fraction of sp³-hybridized carbons (Fsp3) is 0.538. The van der Waals surface area contributed by atoms with Gasteiger partial charge in [-0.1, -0.05) is 28.9 Å². The predicted molar refractivity (Wildman–Crippen MR) is 84.6 cm³/mol. The molecule has 0 N–H and O–H groups in total. The van der Waals surface area contributed by atoms with Crippen LogP contribution in [0.1, 0.15) is 18.9 Å². The highest BCUT2D eigenvalue weighted by Crippen LogP contribution is 2.26. The zero-order chi connectivity index (χ0) is 12.8. The molecule has 0 aliphatic heterocycles. The first-order valence-corrected chi connectivity index (χ1v) is 8.42. The number of benzene rings is 1. The molecule has 0 saturated heterocycles. The topological polar surface area (TPSA) is 3.24 Å². The van der Waals surface area contributed by atoms with E-state index in [2.05, 4.69) is 59.3 Å². The van der Waals surface area contributed by atoms with Gasteiger partial charge in [-0.2, -0.15) is 11.8 Å². The van der Waals surface area contributed by atoms with Crippen molar-refractivity contribution in [3.8, 4) is 0 Å². The van der Waals surface area contributed by atoms with Crippen LogP contribution >= 0.6 is 39.3 Å². The SMILES string of the molecule is CCC(CSC)N(C)c1ccc(CCl)c(Br)c1. The smallest absolute Gasteiger partial charge is 0.0485 e. The van der Waals surface area contributed by atoms with E-state index in [0.717, 1.165) is 22.2 Å². The Morgan fingerprint density at radius 2 is 2.18 bits per heavy atom. The molecule has 0 aliphatic carbocycles. The lowest BCUT2D eigenvalue weighted by atomic mass is 10.1. The van der Waals surface area contributed by atoms with Crippen molar-refractivity contribution >= 4 is 45.0 Å². The highest BCUT2D eigenvalue weighted by molar-refractivity contribution is 9.10. The summed E-state index contributed by atoms with van der Waals surface area (Å²) >= 11 is 11.3. The van der Waals surface area contributed by atoms with Crippen LogP contribution < -0.4 is 4.90 Å². The lowest BCUT2D eigenvalue weighted by Gasteiger charge is -2.29. The van der Waals surface area contributed by atoms with Crippen molar-refractivity contribution in [3.63, 3.8) is 0 Å². The van der Waals surface area contributed by atoms with E-state index in [1.165, 1.54) is 5.69 Å². The number of alkyl halides is 1. The molecule has 1 aromatic rings. The van der Waals surface area contributed by atoms with Crippen LogP contribution in [0.4, 0.5) is 5.69 Å². The summed E-state index contributed by atoms with van der Waals surface area (Å²) < 4.78 is 1.09. The van der Waals surface area contributed by atoms with E-state index >= 15 is 0 Å². The maximum Gasteiger partial charge on any atom is 0.0485 e. The molecular weight excluding hydrogens is 318 g/mol. The number of thioether (sulfide) groups is 1. The van der Waals surface area contributed by atoms with Crippen molar-refractivity contribution in [1.29, 1.82) is 0 Å². The minimum atomic E-state index is 0.548. The number of rotatable bonds is 6. The third-order valence-corrected chi connectivity index (χ3v) is 4.71. The molecule has 0 amide bonds. The van der Waals surface area contributed by atoms with Crippen LogP contribution in [-0.2, 0) is 5.88 Å². The maximum absolute atomic E-state index is 5.86. The maximum atomic E-state index is 5.86. The molecule has 1 rings (SSSR count). The first-order valence-electron chi connectivity index (χ1n) is 5.70. The molecular formula is C13H19BrClNS. The van der Waals surface area contributed by atoms with E-state index in [9.17, 15) is 0 Å². The lowest BCUT2D eigenvalue weighted by molar-refractivity contribution is 0.673. The summed E-state index contributed by atoms with van der Waals surface area (Å²) in [7, 11) is 2.16. The Bertz CT molecular complexity index is 359. The zero-order valence-corrected chi connectivity index (χ0v) is 13.7. The Morgan fingerprint density at radius 1 is 1.47 bits per heavy atom. The lowest BCUT2D eigenvalue weighted by Crippen LogP contribution is -2.33. The van der Waals surface area contributed by atoms with E-state index in [1.54, 1.807) is 0 Å². The fourth-order valence-electron chi connectivity index (χ4n) is 1.77. The Kier molecular flexibility index (Phi) is 6.75. The van der Waals surface area contributed by atoms with Gasteiger partial charge >= 0.3 is 0 Å². The van der Waals surface area contributed by atoms with Gasteiger partial charge in [0.1, 0.15) is 0 Å². The van der Waals surface area contributed by atoms with Gasteiger partial charge in [0.05, 0.1) is 0 Å². The van der Waals surface area contributed by atoms with Crippen molar-refractivity contribution in [3.05, 3.63) is 28.2 Å². The highest BCUT2D eigenvalue weighted by Gasteiger charge is 2.13. The number of hydrogen-bond acceptors (Lipinski definition) is 2. The molecule has 1 nitrogen and oxygen atoms in total. The summed E-state index contributed by atoms with van der Waals surface area (Å²) in [5, 5.41) is 0. The molecule has 17 heavy (non-hydrogen) atoms. The van der Waals surface area contributed by atoms with Crippen LogP contribution in [0.2, 0.25) is 0 Å². The third kappa shape index (κ3) is 4.08. The van der Waals surface area contributed by atoms with Crippen molar-refractivity contribution in [1.82, 2.24) is 0 Å². The molecule has 0 spiro atoms. The molecule has 1 atom stereocenters. The average Bonchev–Trinajstić information content (AvgIpc) is 2.35. The van der Waals surface area contributed by atoms with Gasteiger partial charge in [-0.15, -0.1) is 11.6 Å². The van der Waals surface area contributed by atoms with Crippen LogP contribution in [0.5, 0.6) is 0 Å². The molecule has 4 heteroatoms. The minimum absolute atomic E-state index is 0.548. The Hall–Kier alpha value is 0.140. The molecule has 0 aliphatic rings. The normalized spacial score (nSPS) is 12.5. The van der Waals surface area contributed by atoms with E-state index in [0.29, 0.717) is 11.9 Å². The van der Waals surface area contributed by atoms with Gasteiger partial charge < -0.3 is 4.90 Å². The van der Waals surface area contributed by atoms with Crippen molar-refractivity contribution in [2.75, 3.05) is 24.0 Å². The molecule has 0 heterocycles. The van der Waals surface area contributed by atoms with Crippen molar-refractivity contribution < 1.29 is 0 Å². The number of nitrogens with zero attached hydrogens (tertiary/aromatic N) is 1. The van der Waals surface area contributed by atoms with E-state index < -0.39 is 0 Å². The molecule has 1 unspecified atom stereocenters. The van der Waals surface area contributed by atoms with Crippen molar-refractivity contribution in [2.24, 2.45) is 0 Å². The van der Waals surface area contributed by atoms with E-state index in [4.69, 9.17) is 11.6 Å². The second-order valence-corrected chi connectivity index (χ2v) is 6.07.